The molecule has 0 radical (unpaired) electrons. The van der Waals surface area contributed by atoms with E-state index in [4.69, 9.17) is 0 Å². The van der Waals surface area contributed by atoms with E-state index in [-0.39, 0.29) is 42.5 Å². The number of benzene rings is 2. The second-order valence-electron chi connectivity index (χ2n) is 12.6. The number of hydrogen-bond donors (Lipinski definition) is 4. The zero-order valence-electron chi connectivity index (χ0n) is 27.0. The van der Waals surface area contributed by atoms with Crippen molar-refractivity contribution in [3.05, 3.63) is 86.3 Å². The van der Waals surface area contributed by atoms with Gasteiger partial charge >= 0.3 is 0 Å². The number of aliphatic hydroxyl groups excluding tert-OH is 1. The summed E-state index contributed by atoms with van der Waals surface area (Å²) in [6.07, 6.45) is 3.93. The highest BCUT2D eigenvalue weighted by atomic mass is 16.3. The summed E-state index contributed by atoms with van der Waals surface area (Å²) in [7, 11) is 0. The minimum absolute atomic E-state index is 0.00791. The molecule has 1 unspecified atom stereocenters. The molecule has 3 aromatic rings. The van der Waals surface area contributed by atoms with Crippen molar-refractivity contribution in [1.82, 2.24) is 20.5 Å². The average Bonchev–Trinajstić information content (AvgIpc) is 3.57. The Balaban J connectivity index is 1.47. The molecule has 1 aliphatic heterocycles. The number of carbonyl (C=O) groups excluding carboxylic acids is 2. The van der Waals surface area contributed by atoms with Crippen LogP contribution in [-0.4, -0.2) is 65.6 Å². The van der Waals surface area contributed by atoms with E-state index in [0.29, 0.717) is 17.7 Å². The zero-order valence-corrected chi connectivity index (χ0v) is 27.0. The van der Waals surface area contributed by atoms with Crippen LogP contribution in [0.3, 0.4) is 0 Å². The molecule has 5 rings (SSSR count). The molecule has 9 heteroatoms. The maximum absolute atomic E-state index is 13.8. The van der Waals surface area contributed by atoms with Gasteiger partial charge in [0, 0.05) is 73.7 Å². The molecule has 1 aliphatic carbocycles. The topological polar surface area (TPSA) is 118 Å². The van der Waals surface area contributed by atoms with Gasteiger partial charge in [0.15, 0.2) is 0 Å². The van der Waals surface area contributed by atoms with Gasteiger partial charge in [-0.2, -0.15) is 0 Å². The Morgan fingerprint density at radius 2 is 1.78 bits per heavy atom. The number of nitrogens with zero attached hydrogens (tertiary/aromatic N) is 2. The summed E-state index contributed by atoms with van der Waals surface area (Å²) in [4.78, 5) is 47.1. The monoisotopic (exact) mass is 613 g/mol. The van der Waals surface area contributed by atoms with Crippen molar-refractivity contribution in [3.63, 3.8) is 0 Å². The van der Waals surface area contributed by atoms with Gasteiger partial charge in [0.1, 0.15) is 0 Å². The van der Waals surface area contributed by atoms with E-state index in [1.165, 1.54) is 0 Å². The smallest absolute Gasteiger partial charge is 0.253 e. The highest BCUT2D eigenvalue weighted by molar-refractivity contribution is 6.02. The Labute approximate surface area is 266 Å². The summed E-state index contributed by atoms with van der Waals surface area (Å²) in [6, 6.07) is 14.2. The first kappa shape index (κ1) is 32.6. The van der Waals surface area contributed by atoms with Crippen LogP contribution in [0.1, 0.15) is 70.9 Å². The van der Waals surface area contributed by atoms with E-state index in [2.05, 4.69) is 44.8 Å². The number of amides is 2. The molecule has 0 spiro atoms. The molecule has 0 bridgehead atoms. The van der Waals surface area contributed by atoms with E-state index < -0.39 is 0 Å². The largest absolute Gasteiger partial charge is 0.395 e. The first-order valence-electron chi connectivity index (χ1n) is 16.3. The molecule has 1 atom stereocenters. The molecule has 4 N–H and O–H groups in total. The molecule has 9 nitrogen and oxygen atoms in total. The van der Waals surface area contributed by atoms with Crippen LogP contribution >= 0.6 is 0 Å². The fourth-order valence-corrected chi connectivity index (χ4v) is 6.81. The van der Waals surface area contributed by atoms with E-state index in [1.807, 2.05) is 50.8 Å². The van der Waals surface area contributed by atoms with Crippen molar-refractivity contribution in [3.8, 4) is 11.1 Å². The zero-order chi connectivity index (χ0) is 32.1. The number of piperazine rings is 1. The number of aromatic amines is 1. The number of H-pyrrole nitrogens is 1. The quantitative estimate of drug-likeness (QED) is 0.272. The number of aryl methyl sites for hydroxylation is 2. The third-order valence-corrected chi connectivity index (χ3v) is 9.48. The summed E-state index contributed by atoms with van der Waals surface area (Å²) < 4.78 is 0. The average molecular weight is 614 g/mol. The van der Waals surface area contributed by atoms with Crippen molar-refractivity contribution in [2.24, 2.45) is 5.92 Å². The van der Waals surface area contributed by atoms with Gasteiger partial charge in [0.25, 0.3) is 11.5 Å². The molecular formula is C36H47N5O4. The first-order chi connectivity index (χ1) is 21.7. The predicted octanol–water partition coefficient (Wildman–Crippen LogP) is 4.21. The molecule has 1 aromatic heterocycles. The van der Waals surface area contributed by atoms with Crippen LogP contribution in [0.25, 0.3) is 11.1 Å². The lowest BCUT2D eigenvalue weighted by Gasteiger charge is -2.35. The van der Waals surface area contributed by atoms with Crippen LogP contribution in [0.2, 0.25) is 0 Å². The van der Waals surface area contributed by atoms with E-state index in [1.54, 1.807) is 0 Å². The lowest BCUT2D eigenvalue weighted by molar-refractivity contribution is -0.122. The molecule has 2 amide bonds. The molecule has 45 heavy (non-hydrogen) atoms. The normalized spacial score (nSPS) is 17.4. The number of aromatic nitrogens is 1. The Morgan fingerprint density at radius 3 is 2.44 bits per heavy atom. The van der Waals surface area contributed by atoms with Gasteiger partial charge in [-0.25, -0.2) is 0 Å². The fraction of sp³-hybridized carbons (Fsp3) is 0.472. The van der Waals surface area contributed by atoms with Crippen molar-refractivity contribution in [1.29, 1.82) is 0 Å². The summed E-state index contributed by atoms with van der Waals surface area (Å²) in [5.41, 5.74) is 6.84. The van der Waals surface area contributed by atoms with Crippen molar-refractivity contribution in [2.75, 3.05) is 37.7 Å². The van der Waals surface area contributed by atoms with Crippen LogP contribution in [0.4, 0.5) is 5.69 Å². The third kappa shape index (κ3) is 7.38. The molecular weight excluding hydrogens is 566 g/mol. The number of hydrogen-bond acceptors (Lipinski definition) is 6. The molecule has 1 saturated heterocycles. The molecule has 1 saturated carbocycles. The van der Waals surface area contributed by atoms with Crippen LogP contribution < -0.4 is 21.1 Å². The number of anilines is 1. The third-order valence-electron chi connectivity index (χ3n) is 9.48. The van der Waals surface area contributed by atoms with E-state index in [0.717, 1.165) is 91.1 Å². The van der Waals surface area contributed by atoms with Gasteiger partial charge in [0.2, 0.25) is 5.91 Å². The van der Waals surface area contributed by atoms with Gasteiger partial charge in [-0.15, -0.1) is 0 Å². The number of nitrogens with one attached hydrogen (secondary N) is 3. The summed E-state index contributed by atoms with van der Waals surface area (Å²) in [5, 5.41) is 16.1. The lowest BCUT2D eigenvalue weighted by Crippen LogP contribution is -2.52. The maximum atomic E-state index is 13.8. The van der Waals surface area contributed by atoms with Crippen molar-refractivity contribution in [2.45, 2.75) is 72.5 Å². The standard InChI is InChI=1S/C36H47N5O4/c1-5-41(36(45)28-8-6-7-9-28)33-18-29(27-12-10-26(11-13-27)21-40-15-14-37-19-30(40)22-42)17-31(25(33)4)34(43)38-20-32-23(2)16-24(3)39-35(32)44/h10-13,16-18,28,30,37,42H,5-9,14-15,19-22H2,1-4H3,(H,38,43)(H,39,44). The second kappa shape index (κ2) is 14.5. The Morgan fingerprint density at radius 1 is 1.04 bits per heavy atom. The van der Waals surface area contributed by atoms with Crippen molar-refractivity contribution < 1.29 is 14.7 Å². The number of pyridine rings is 1. The van der Waals surface area contributed by atoms with Gasteiger partial charge < -0.3 is 25.6 Å². The van der Waals surface area contributed by atoms with Crippen LogP contribution in [-0.2, 0) is 17.9 Å². The molecule has 2 aromatic carbocycles. The van der Waals surface area contributed by atoms with Crippen LogP contribution in [0, 0.1) is 26.7 Å². The summed E-state index contributed by atoms with van der Waals surface area (Å²) in [5.74, 6) is -0.161. The molecule has 2 heterocycles. The predicted molar refractivity (Wildman–Crippen MR) is 178 cm³/mol. The fourth-order valence-electron chi connectivity index (χ4n) is 6.81. The number of rotatable bonds is 10. The van der Waals surface area contributed by atoms with Crippen molar-refractivity contribution >= 4 is 17.5 Å². The van der Waals surface area contributed by atoms with Crippen LogP contribution in [0.5, 0.6) is 0 Å². The summed E-state index contributed by atoms with van der Waals surface area (Å²) in [6.45, 7) is 11.6. The second-order valence-corrected chi connectivity index (χ2v) is 12.6. The Hall–Kier alpha value is -3.79. The lowest BCUT2D eigenvalue weighted by atomic mass is 9.95. The minimum Gasteiger partial charge on any atom is -0.395 e. The number of aliphatic hydroxyl groups is 1. The maximum Gasteiger partial charge on any atom is 0.253 e. The number of carbonyl (C=O) groups is 2. The Bertz CT molecular complexity index is 1580. The molecule has 2 aliphatic rings. The molecule has 240 valence electrons. The molecule has 2 fully saturated rings. The Kier molecular flexibility index (Phi) is 10.5. The highest BCUT2D eigenvalue weighted by Gasteiger charge is 2.29. The minimum atomic E-state index is -0.287. The van der Waals surface area contributed by atoms with Gasteiger partial charge in [-0.1, -0.05) is 37.1 Å². The van der Waals surface area contributed by atoms with Crippen LogP contribution in [0.15, 0.2) is 47.3 Å². The highest BCUT2D eigenvalue weighted by Crippen LogP contribution is 2.35. The van der Waals surface area contributed by atoms with Gasteiger partial charge in [-0.05, 0) is 86.6 Å². The SMILES string of the molecule is CCN(C(=O)C1CCCC1)c1cc(-c2ccc(CN3CCNCC3CO)cc2)cc(C(=O)NCc2c(C)cc(C)[nH]c2=O)c1C. The first-order valence-corrected chi connectivity index (χ1v) is 16.3. The summed E-state index contributed by atoms with van der Waals surface area (Å²) >= 11 is 0. The van der Waals surface area contributed by atoms with Gasteiger partial charge in [-0.3, -0.25) is 19.3 Å². The van der Waals surface area contributed by atoms with Gasteiger partial charge in [0.05, 0.1) is 6.61 Å². The van der Waals surface area contributed by atoms with E-state index >= 15 is 0 Å². The van der Waals surface area contributed by atoms with E-state index in [9.17, 15) is 19.5 Å².